The van der Waals surface area contributed by atoms with Crippen molar-refractivity contribution >= 4 is 5.84 Å². The molecule has 3 unspecified atom stereocenters. The molecule has 1 aliphatic rings. The molecule has 0 radical (unpaired) electrons. The molecule has 4 N–H and O–H groups in total. The van der Waals surface area contributed by atoms with Crippen molar-refractivity contribution in [3.8, 4) is 0 Å². The average Bonchev–Trinajstić information content (AvgIpc) is 2.59. The lowest BCUT2D eigenvalue weighted by atomic mass is 9.88. The standard InChI is InChI=1S/C13H27N3O/c1-9-5-6-11(10(9)2)15-8-7-13(3,4)12(14)16-17/h9-11,15,17H,5-8H2,1-4H3,(H2,14,16). The molecule has 100 valence electrons. The highest BCUT2D eigenvalue weighted by atomic mass is 16.4. The first-order valence-electron chi connectivity index (χ1n) is 6.60. The van der Waals surface area contributed by atoms with E-state index in [2.05, 4.69) is 24.3 Å². The quantitative estimate of drug-likeness (QED) is 0.299. The Labute approximate surface area is 105 Å². The third-order valence-corrected chi connectivity index (χ3v) is 4.42. The molecule has 0 saturated heterocycles. The van der Waals surface area contributed by atoms with Crippen LogP contribution in [0.4, 0.5) is 0 Å². The lowest BCUT2D eigenvalue weighted by Crippen LogP contribution is -2.38. The molecule has 0 amide bonds. The van der Waals surface area contributed by atoms with Gasteiger partial charge in [-0.3, -0.25) is 0 Å². The molecule has 0 aromatic rings. The molecule has 0 aliphatic heterocycles. The van der Waals surface area contributed by atoms with Crippen molar-refractivity contribution in [2.75, 3.05) is 6.54 Å². The van der Waals surface area contributed by atoms with Crippen LogP contribution in [0, 0.1) is 17.3 Å². The molecule has 1 saturated carbocycles. The van der Waals surface area contributed by atoms with Gasteiger partial charge in [-0.05, 0) is 37.6 Å². The molecule has 4 heteroatoms. The fourth-order valence-corrected chi connectivity index (χ4v) is 2.49. The van der Waals surface area contributed by atoms with Gasteiger partial charge >= 0.3 is 0 Å². The maximum atomic E-state index is 8.70. The molecule has 4 nitrogen and oxygen atoms in total. The first-order chi connectivity index (χ1) is 7.88. The number of nitrogens with one attached hydrogen (secondary N) is 1. The second-order valence-electron chi connectivity index (χ2n) is 6.09. The lowest BCUT2D eigenvalue weighted by Gasteiger charge is -2.25. The molecule has 0 heterocycles. The second-order valence-corrected chi connectivity index (χ2v) is 6.09. The molecule has 1 aliphatic carbocycles. The molecular weight excluding hydrogens is 214 g/mol. The van der Waals surface area contributed by atoms with Crippen LogP contribution < -0.4 is 11.1 Å². The number of hydrogen-bond acceptors (Lipinski definition) is 3. The topological polar surface area (TPSA) is 70.6 Å². The van der Waals surface area contributed by atoms with Gasteiger partial charge in [-0.25, -0.2) is 0 Å². The smallest absolute Gasteiger partial charge is 0.144 e. The predicted molar refractivity (Wildman–Crippen MR) is 71.2 cm³/mol. The summed E-state index contributed by atoms with van der Waals surface area (Å²) in [5.41, 5.74) is 5.43. The normalized spacial score (nSPS) is 30.8. The Morgan fingerprint density at radius 3 is 2.53 bits per heavy atom. The van der Waals surface area contributed by atoms with Gasteiger partial charge in [-0.1, -0.05) is 32.9 Å². The monoisotopic (exact) mass is 241 g/mol. The van der Waals surface area contributed by atoms with E-state index in [1.54, 1.807) is 0 Å². The molecule has 0 aromatic heterocycles. The summed E-state index contributed by atoms with van der Waals surface area (Å²) in [6.07, 6.45) is 3.48. The Hall–Kier alpha value is -0.770. The number of hydrogen-bond donors (Lipinski definition) is 3. The van der Waals surface area contributed by atoms with Gasteiger partial charge in [-0.2, -0.15) is 0 Å². The minimum atomic E-state index is -0.241. The van der Waals surface area contributed by atoms with Crippen LogP contribution in [0.5, 0.6) is 0 Å². The Balaban J connectivity index is 2.33. The van der Waals surface area contributed by atoms with Crippen LogP contribution in [0.2, 0.25) is 0 Å². The largest absolute Gasteiger partial charge is 0.409 e. The number of amidine groups is 1. The zero-order chi connectivity index (χ0) is 13.1. The summed E-state index contributed by atoms with van der Waals surface area (Å²) in [6, 6.07) is 0.632. The van der Waals surface area contributed by atoms with Gasteiger partial charge in [0.05, 0.1) is 0 Å². The van der Waals surface area contributed by atoms with Crippen LogP contribution in [0.3, 0.4) is 0 Å². The van der Waals surface area contributed by atoms with E-state index in [4.69, 9.17) is 10.9 Å². The molecule has 1 fully saturated rings. The summed E-state index contributed by atoms with van der Waals surface area (Å²) in [5.74, 6) is 1.89. The zero-order valence-electron chi connectivity index (χ0n) is 11.5. The van der Waals surface area contributed by atoms with E-state index in [1.807, 2.05) is 13.8 Å². The fraction of sp³-hybridized carbons (Fsp3) is 0.923. The van der Waals surface area contributed by atoms with E-state index >= 15 is 0 Å². The molecule has 0 spiro atoms. The van der Waals surface area contributed by atoms with E-state index in [0.717, 1.165) is 24.8 Å². The van der Waals surface area contributed by atoms with Crippen molar-refractivity contribution in [3.05, 3.63) is 0 Å². The van der Waals surface area contributed by atoms with E-state index in [0.29, 0.717) is 11.9 Å². The highest BCUT2D eigenvalue weighted by Gasteiger charge is 2.30. The Morgan fingerprint density at radius 1 is 1.41 bits per heavy atom. The molecular formula is C13H27N3O. The predicted octanol–water partition coefficient (Wildman–Crippen LogP) is 2.17. The summed E-state index contributed by atoms with van der Waals surface area (Å²) in [6.45, 7) is 9.58. The van der Waals surface area contributed by atoms with Crippen LogP contribution in [0.1, 0.15) is 47.0 Å². The van der Waals surface area contributed by atoms with E-state index < -0.39 is 0 Å². The van der Waals surface area contributed by atoms with Gasteiger partial charge < -0.3 is 16.3 Å². The lowest BCUT2D eigenvalue weighted by molar-refractivity contribution is 0.302. The Bertz CT molecular complexity index is 276. The SMILES string of the molecule is CC1CCC(NCCC(C)(C)C(N)=NO)C1C. The average molecular weight is 241 g/mol. The summed E-state index contributed by atoms with van der Waals surface area (Å²) >= 11 is 0. The van der Waals surface area contributed by atoms with E-state index in [-0.39, 0.29) is 5.41 Å². The van der Waals surface area contributed by atoms with Crippen LogP contribution >= 0.6 is 0 Å². The Morgan fingerprint density at radius 2 is 2.06 bits per heavy atom. The van der Waals surface area contributed by atoms with Crippen LogP contribution in [-0.2, 0) is 0 Å². The third-order valence-electron chi connectivity index (χ3n) is 4.42. The van der Waals surface area contributed by atoms with Crippen LogP contribution in [-0.4, -0.2) is 23.6 Å². The zero-order valence-corrected chi connectivity index (χ0v) is 11.5. The van der Waals surface area contributed by atoms with E-state index in [9.17, 15) is 0 Å². The highest BCUT2D eigenvalue weighted by molar-refractivity contribution is 5.85. The number of nitrogens with two attached hydrogens (primary N) is 1. The van der Waals surface area contributed by atoms with Crippen molar-refractivity contribution in [2.45, 2.75) is 53.0 Å². The highest BCUT2D eigenvalue weighted by Crippen LogP contribution is 2.31. The number of rotatable bonds is 5. The summed E-state index contributed by atoms with van der Waals surface area (Å²) < 4.78 is 0. The van der Waals surface area contributed by atoms with Crippen molar-refractivity contribution in [1.29, 1.82) is 0 Å². The number of nitrogens with zero attached hydrogens (tertiary/aromatic N) is 1. The first kappa shape index (κ1) is 14.3. The van der Waals surface area contributed by atoms with Gasteiger partial charge in [0.1, 0.15) is 5.84 Å². The van der Waals surface area contributed by atoms with Crippen molar-refractivity contribution in [1.82, 2.24) is 5.32 Å². The fourth-order valence-electron chi connectivity index (χ4n) is 2.49. The van der Waals surface area contributed by atoms with Gasteiger partial charge in [0, 0.05) is 11.5 Å². The van der Waals surface area contributed by atoms with Crippen molar-refractivity contribution in [3.63, 3.8) is 0 Å². The minimum Gasteiger partial charge on any atom is -0.409 e. The minimum absolute atomic E-state index is 0.241. The summed E-state index contributed by atoms with van der Waals surface area (Å²) in [4.78, 5) is 0. The van der Waals surface area contributed by atoms with Crippen molar-refractivity contribution in [2.24, 2.45) is 28.1 Å². The van der Waals surface area contributed by atoms with Gasteiger partial charge in [-0.15, -0.1) is 0 Å². The van der Waals surface area contributed by atoms with Gasteiger partial charge in [0.2, 0.25) is 0 Å². The van der Waals surface area contributed by atoms with E-state index in [1.165, 1.54) is 12.8 Å². The molecule has 0 bridgehead atoms. The number of oxime groups is 1. The maximum Gasteiger partial charge on any atom is 0.144 e. The molecule has 1 rings (SSSR count). The third kappa shape index (κ3) is 3.60. The van der Waals surface area contributed by atoms with Gasteiger partial charge in [0.15, 0.2) is 0 Å². The summed E-state index contributed by atoms with van der Waals surface area (Å²) in [7, 11) is 0. The first-order valence-corrected chi connectivity index (χ1v) is 6.60. The maximum absolute atomic E-state index is 8.70. The van der Waals surface area contributed by atoms with Gasteiger partial charge in [0.25, 0.3) is 0 Å². The van der Waals surface area contributed by atoms with Crippen molar-refractivity contribution < 1.29 is 5.21 Å². The van der Waals surface area contributed by atoms with Crippen LogP contribution in [0.25, 0.3) is 0 Å². The second kappa shape index (κ2) is 5.71. The molecule has 17 heavy (non-hydrogen) atoms. The molecule has 0 aromatic carbocycles. The summed E-state index contributed by atoms with van der Waals surface area (Å²) in [5, 5.41) is 15.4. The van der Waals surface area contributed by atoms with Crippen LogP contribution in [0.15, 0.2) is 5.16 Å². The Kier molecular flexibility index (Phi) is 4.80. The molecule has 3 atom stereocenters.